The summed E-state index contributed by atoms with van der Waals surface area (Å²) < 4.78 is 11.8. The Morgan fingerprint density at radius 2 is 1.80 bits per heavy atom. The molecule has 1 unspecified atom stereocenters. The predicted octanol–water partition coefficient (Wildman–Crippen LogP) is 3.58. The van der Waals surface area contributed by atoms with E-state index in [1.165, 1.54) is 6.42 Å². The minimum Gasteiger partial charge on any atom is -0.414 e. The lowest BCUT2D eigenvalue weighted by Crippen LogP contribution is -2.44. The van der Waals surface area contributed by atoms with E-state index in [0.717, 1.165) is 26.1 Å². The highest BCUT2D eigenvalue weighted by Gasteiger charge is 2.39. The Morgan fingerprint density at radius 1 is 1.13 bits per heavy atom. The first-order valence-corrected chi connectivity index (χ1v) is 8.99. The van der Waals surface area contributed by atoms with Crippen LogP contribution in [0.2, 0.25) is 18.1 Å². The molecular formula is C12H26O2Si. The zero-order valence-corrected chi connectivity index (χ0v) is 11.9. The van der Waals surface area contributed by atoms with Crippen molar-refractivity contribution in [3.8, 4) is 0 Å². The van der Waals surface area contributed by atoms with Gasteiger partial charge in [0.05, 0.1) is 0 Å². The molecule has 90 valence electrons. The maximum atomic E-state index is 6.38. The van der Waals surface area contributed by atoms with Crippen LogP contribution in [-0.2, 0) is 9.16 Å². The summed E-state index contributed by atoms with van der Waals surface area (Å²) in [5.74, 6) is 0. The fourth-order valence-corrected chi connectivity index (χ4v) is 3.01. The van der Waals surface area contributed by atoms with Gasteiger partial charge in [-0.25, -0.2) is 0 Å². The zero-order valence-electron chi connectivity index (χ0n) is 10.9. The number of hydrogen-bond acceptors (Lipinski definition) is 2. The Labute approximate surface area is 95.5 Å². The van der Waals surface area contributed by atoms with Gasteiger partial charge in [-0.15, -0.1) is 0 Å². The second-order valence-corrected chi connectivity index (χ2v) is 10.8. The average molecular weight is 230 g/mol. The molecule has 1 saturated heterocycles. The lowest BCUT2D eigenvalue weighted by Gasteiger charge is -2.39. The molecule has 0 N–H and O–H groups in total. The zero-order chi connectivity index (χ0) is 11.5. The van der Waals surface area contributed by atoms with Crippen LogP contribution in [-0.4, -0.2) is 27.6 Å². The second-order valence-electron chi connectivity index (χ2n) is 6.04. The minimum absolute atomic E-state index is 0.320. The Morgan fingerprint density at radius 3 is 2.40 bits per heavy atom. The molecular weight excluding hydrogens is 204 g/mol. The van der Waals surface area contributed by atoms with Gasteiger partial charge in [-0.05, 0) is 37.4 Å². The summed E-state index contributed by atoms with van der Waals surface area (Å²) in [5, 5.41) is 0.320. The molecule has 3 heteroatoms. The molecule has 1 atom stereocenters. The molecule has 2 nitrogen and oxygen atoms in total. The third-order valence-electron chi connectivity index (χ3n) is 3.67. The van der Waals surface area contributed by atoms with Gasteiger partial charge in [-0.3, -0.25) is 0 Å². The van der Waals surface area contributed by atoms with Gasteiger partial charge < -0.3 is 9.16 Å². The first kappa shape index (κ1) is 13.2. The van der Waals surface area contributed by atoms with E-state index in [1.807, 2.05) is 0 Å². The van der Waals surface area contributed by atoms with Crippen molar-refractivity contribution < 1.29 is 9.16 Å². The summed E-state index contributed by atoms with van der Waals surface area (Å²) in [6, 6.07) is 0. The van der Waals surface area contributed by atoms with E-state index in [9.17, 15) is 0 Å². The highest BCUT2D eigenvalue weighted by molar-refractivity contribution is 6.74. The molecule has 0 aromatic heterocycles. The molecule has 0 bridgehead atoms. The maximum absolute atomic E-state index is 6.38. The molecule has 0 radical (unpaired) electrons. The van der Waals surface area contributed by atoms with E-state index in [1.54, 1.807) is 0 Å². The average Bonchev–Trinajstić information content (AvgIpc) is 2.30. The van der Waals surface area contributed by atoms with Crippen molar-refractivity contribution in [3.05, 3.63) is 0 Å². The molecule has 15 heavy (non-hydrogen) atoms. The Bertz CT molecular complexity index is 188. The fourth-order valence-electron chi connectivity index (χ4n) is 1.59. The van der Waals surface area contributed by atoms with E-state index in [2.05, 4.69) is 33.9 Å². The molecule has 1 rings (SSSR count). The highest BCUT2D eigenvalue weighted by atomic mass is 28.4. The SMILES string of the molecule is CC(C)(C)[Si](C)(C)OC1CCCOCC1. The molecule has 0 aromatic carbocycles. The molecule has 0 aromatic rings. The second kappa shape index (κ2) is 4.98. The van der Waals surface area contributed by atoms with Crippen LogP contribution >= 0.6 is 0 Å². The highest BCUT2D eigenvalue weighted by Crippen LogP contribution is 2.38. The van der Waals surface area contributed by atoms with E-state index in [4.69, 9.17) is 9.16 Å². The monoisotopic (exact) mass is 230 g/mol. The Balaban J connectivity index is 2.51. The first-order chi connectivity index (χ1) is 6.83. The van der Waals surface area contributed by atoms with Gasteiger partial charge in [0.2, 0.25) is 0 Å². The van der Waals surface area contributed by atoms with Gasteiger partial charge >= 0.3 is 0 Å². The summed E-state index contributed by atoms with van der Waals surface area (Å²) in [5.41, 5.74) is 0. The molecule has 0 amide bonds. The van der Waals surface area contributed by atoms with Crippen LogP contribution < -0.4 is 0 Å². The number of rotatable bonds is 2. The van der Waals surface area contributed by atoms with Gasteiger partial charge in [0, 0.05) is 19.3 Å². The lowest BCUT2D eigenvalue weighted by molar-refractivity contribution is 0.122. The number of hydrogen-bond donors (Lipinski definition) is 0. The van der Waals surface area contributed by atoms with Crippen LogP contribution in [0.5, 0.6) is 0 Å². The number of ether oxygens (including phenoxy) is 1. The predicted molar refractivity (Wildman–Crippen MR) is 66.7 cm³/mol. The topological polar surface area (TPSA) is 18.5 Å². The van der Waals surface area contributed by atoms with Crippen molar-refractivity contribution in [2.45, 2.75) is 64.3 Å². The summed E-state index contributed by atoms with van der Waals surface area (Å²) in [6.45, 7) is 13.3. The summed E-state index contributed by atoms with van der Waals surface area (Å²) in [4.78, 5) is 0. The van der Waals surface area contributed by atoms with Crippen LogP contribution in [0.4, 0.5) is 0 Å². The summed E-state index contributed by atoms with van der Waals surface area (Å²) >= 11 is 0. The molecule has 1 heterocycles. The molecule has 0 aliphatic carbocycles. The Kier molecular flexibility index (Phi) is 4.38. The quantitative estimate of drug-likeness (QED) is 0.675. The molecule has 1 aliphatic heterocycles. The normalized spacial score (nSPS) is 25.0. The van der Waals surface area contributed by atoms with Crippen molar-refractivity contribution in [3.63, 3.8) is 0 Å². The van der Waals surface area contributed by atoms with Crippen LogP contribution in [0.25, 0.3) is 0 Å². The van der Waals surface area contributed by atoms with E-state index in [0.29, 0.717) is 11.1 Å². The summed E-state index contributed by atoms with van der Waals surface area (Å²) in [7, 11) is -1.57. The van der Waals surface area contributed by atoms with Crippen molar-refractivity contribution in [2.24, 2.45) is 0 Å². The Hall–Kier alpha value is 0.137. The van der Waals surface area contributed by atoms with Crippen molar-refractivity contribution >= 4 is 8.32 Å². The van der Waals surface area contributed by atoms with Gasteiger partial charge in [0.25, 0.3) is 0 Å². The van der Waals surface area contributed by atoms with Crippen LogP contribution in [0.15, 0.2) is 0 Å². The summed E-state index contributed by atoms with van der Waals surface area (Å²) in [6.07, 6.45) is 3.84. The third-order valence-corrected chi connectivity index (χ3v) is 8.20. The molecule has 1 fully saturated rings. The maximum Gasteiger partial charge on any atom is 0.192 e. The van der Waals surface area contributed by atoms with Crippen molar-refractivity contribution in [2.75, 3.05) is 13.2 Å². The molecule has 1 aliphatic rings. The van der Waals surface area contributed by atoms with Gasteiger partial charge in [0.15, 0.2) is 8.32 Å². The smallest absolute Gasteiger partial charge is 0.192 e. The van der Waals surface area contributed by atoms with Crippen LogP contribution in [0, 0.1) is 0 Å². The van der Waals surface area contributed by atoms with E-state index < -0.39 is 8.32 Å². The van der Waals surface area contributed by atoms with Crippen molar-refractivity contribution in [1.29, 1.82) is 0 Å². The van der Waals surface area contributed by atoms with E-state index >= 15 is 0 Å². The van der Waals surface area contributed by atoms with Gasteiger partial charge in [-0.2, -0.15) is 0 Å². The van der Waals surface area contributed by atoms with Gasteiger partial charge in [0.1, 0.15) is 0 Å². The van der Waals surface area contributed by atoms with E-state index in [-0.39, 0.29) is 0 Å². The largest absolute Gasteiger partial charge is 0.414 e. The van der Waals surface area contributed by atoms with Crippen LogP contribution in [0.3, 0.4) is 0 Å². The molecule has 0 saturated carbocycles. The fraction of sp³-hybridized carbons (Fsp3) is 1.00. The first-order valence-electron chi connectivity index (χ1n) is 6.08. The van der Waals surface area contributed by atoms with Crippen LogP contribution in [0.1, 0.15) is 40.0 Å². The standard InChI is InChI=1S/C12H26O2Si/c1-12(2,3)15(4,5)14-11-7-6-9-13-10-8-11/h11H,6-10H2,1-5H3. The van der Waals surface area contributed by atoms with Crippen molar-refractivity contribution in [1.82, 2.24) is 0 Å². The lowest BCUT2D eigenvalue weighted by atomic mass is 10.2. The third kappa shape index (κ3) is 3.89. The molecule has 0 spiro atoms. The van der Waals surface area contributed by atoms with Gasteiger partial charge in [-0.1, -0.05) is 20.8 Å². The minimum atomic E-state index is -1.57.